The van der Waals surface area contributed by atoms with Gasteiger partial charge in [-0.25, -0.2) is 4.39 Å². The molecule has 2 nitrogen and oxygen atoms in total. The molecular weight excluding hydrogens is 273 g/mol. The number of nitrogens with one attached hydrogen (secondary N) is 1. The third kappa shape index (κ3) is 4.20. The van der Waals surface area contributed by atoms with E-state index < -0.39 is 0 Å². The van der Waals surface area contributed by atoms with Crippen molar-refractivity contribution in [2.24, 2.45) is 0 Å². The van der Waals surface area contributed by atoms with Crippen LogP contribution in [0.15, 0.2) is 22.7 Å². The molecule has 1 rings (SSSR count). The van der Waals surface area contributed by atoms with Crippen LogP contribution < -0.4 is 5.48 Å². The Morgan fingerprint density at radius 2 is 2.00 bits per heavy atom. The molecule has 16 heavy (non-hydrogen) atoms. The highest BCUT2D eigenvalue weighted by Crippen LogP contribution is 2.22. The second kappa shape index (κ2) is 5.25. The van der Waals surface area contributed by atoms with Crippen molar-refractivity contribution in [3.8, 4) is 0 Å². The smallest absolute Gasteiger partial charge is 0.128 e. The lowest BCUT2D eigenvalue weighted by atomic mass is 10.1. The van der Waals surface area contributed by atoms with Gasteiger partial charge in [-0.2, -0.15) is 5.48 Å². The molecule has 0 saturated heterocycles. The van der Waals surface area contributed by atoms with Crippen molar-refractivity contribution < 1.29 is 9.23 Å². The van der Waals surface area contributed by atoms with Crippen LogP contribution in [0.3, 0.4) is 0 Å². The van der Waals surface area contributed by atoms with Crippen LogP contribution in [0.25, 0.3) is 0 Å². The van der Waals surface area contributed by atoms with Crippen LogP contribution in [0, 0.1) is 5.82 Å². The standard InChI is InChI=1S/C12H17BrFNO/c1-8(15-16-12(2,3)4)10-7-9(13)5-6-11(10)14/h5-8,15H,1-4H3. The molecule has 0 bridgehead atoms. The van der Waals surface area contributed by atoms with E-state index in [1.54, 1.807) is 12.1 Å². The molecule has 0 fully saturated rings. The van der Waals surface area contributed by atoms with Crippen LogP contribution in [0.2, 0.25) is 0 Å². The maximum absolute atomic E-state index is 13.5. The van der Waals surface area contributed by atoms with Crippen molar-refractivity contribution in [3.63, 3.8) is 0 Å². The Labute approximate surface area is 104 Å². The topological polar surface area (TPSA) is 21.3 Å². The predicted octanol–water partition coefficient (Wildman–Crippen LogP) is 3.97. The lowest BCUT2D eigenvalue weighted by molar-refractivity contribution is -0.0870. The Balaban J connectivity index is 2.73. The SMILES string of the molecule is CC(NOC(C)(C)C)c1cc(Br)ccc1F. The van der Waals surface area contributed by atoms with E-state index in [2.05, 4.69) is 21.4 Å². The van der Waals surface area contributed by atoms with Gasteiger partial charge in [-0.1, -0.05) is 15.9 Å². The van der Waals surface area contributed by atoms with E-state index in [0.717, 1.165) is 4.47 Å². The van der Waals surface area contributed by atoms with E-state index in [1.165, 1.54) is 6.07 Å². The number of hydroxylamine groups is 1. The molecule has 90 valence electrons. The summed E-state index contributed by atoms with van der Waals surface area (Å²) >= 11 is 3.32. The van der Waals surface area contributed by atoms with Gasteiger partial charge >= 0.3 is 0 Å². The van der Waals surface area contributed by atoms with Crippen molar-refractivity contribution in [2.45, 2.75) is 39.3 Å². The van der Waals surface area contributed by atoms with Gasteiger partial charge in [0.05, 0.1) is 11.6 Å². The third-order valence-corrected chi connectivity index (χ3v) is 2.46. The number of rotatable bonds is 3. The largest absolute Gasteiger partial charge is 0.296 e. The van der Waals surface area contributed by atoms with Crippen LogP contribution in [-0.2, 0) is 4.84 Å². The second-order valence-electron chi connectivity index (χ2n) is 4.72. The molecule has 1 aromatic carbocycles. The average molecular weight is 290 g/mol. The zero-order valence-corrected chi connectivity index (χ0v) is 11.6. The summed E-state index contributed by atoms with van der Waals surface area (Å²) in [5.41, 5.74) is 3.13. The van der Waals surface area contributed by atoms with Crippen molar-refractivity contribution in [2.75, 3.05) is 0 Å². The van der Waals surface area contributed by atoms with Crippen LogP contribution in [-0.4, -0.2) is 5.60 Å². The molecule has 0 radical (unpaired) electrons. The minimum Gasteiger partial charge on any atom is -0.296 e. The fraction of sp³-hybridized carbons (Fsp3) is 0.500. The molecule has 0 spiro atoms. The highest BCUT2D eigenvalue weighted by Gasteiger charge is 2.16. The molecule has 1 aromatic rings. The summed E-state index contributed by atoms with van der Waals surface area (Å²) in [7, 11) is 0. The van der Waals surface area contributed by atoms with E-state index >= 15 is 0 Å². The van der Waals surface area contributed by atoms with Crippen molar-refractivity contribution >= 4 is 15.9 Å². The van der Waals surface area contributed by atoms with Gasteiger partial charge in [-0.05, 0) is 45.9 Å². The van der Waals surface area contributed by atoms with Crippen molar-refractivity contribution in [1.29, 1.82) is 0 Å². The van der Waals surface area contributed by atoms with Crippen molar-refractivity contribution in [1.82, 2.24) is 5.48 Å². The van der Waals surface area contributed by atoms with Gasteiger partial charge in [-0.15, -0.1) is 0 Å². The highest BCUT2D eigenvalue weighted by molar-refractivity contribution is 9.10. The van der Waals surface area contributed by atoms with E-state index in [1.807, 2.05) is 27.7 Å². The number of halogens is 2. The molecule has 0 aromatic heterocycles. The normalized spacial score (nSPS) is 13.9. The first-order chi connectivity index (χ1) is 7.29. The first-order valence-electron chi connectivity index (χ1n) is 5.18. The zero-order valence-electron chi connectivity index (χ0n) is 9.97. The lowest BCUT2D eigenvalue weighted by Gasteiger charge is -2.23. The minimum absolute atomic E-state index is 0.197. The quantitative estimate of drug-likeness (QED) is 0.850. The fourth-order valence-electron chi connectivity index (χ4n) is 1.18. The third-order valence-electron chi connectivity index (χ3n) is 1.97. The first-order valence-corrected chi connectivity index (χ1v) is 5.97. The second-order valence-corrected chi connectivity index (χ2v) is 5.64. The van der Waals surface area contributed by atoms with Crippen LogP contribution >= 0.6 is 15.9 Å². The summed E-state index contributed by atoms with van der Waals surface area (Å²) in [4.78, 5) is 5.41. The van der Waals surface area contributed by atoms with Crippen molar-refractivity contribution in [3.05, 3.63) is 34.1 Å². The summed E-state index contributed by atoms with van der Waals surface area (Å²) in [6.07, 6.45) is 0. The number of hydrogen-bond donors (Lipinski definition) is 1. The van der Waals surface area contributed by atoms with E-state index in [0.29, 0.717) is 5.56 Å². The number of hydrogen-bond acceptors (Lipinski definition) is 2. The lowest BCUT2D eigenvalue weighted by Crippen LogP contribution is -2.31. The first kappa shape index (κ1) is 13.6. The fourth-order valence-corrected chi connectivity index (χ4v) is 1.55. The van der Waals surface area contributed by atoms with Gasteiger partial charge in [0.15, 0.2) is 0 Å². The summed E-state index contributed by atoms with van der Waals surface area (Å²) in [6.45, 7) is 7.66. The molecule has 0 saturated carbocycles. The maximum Gasteiger partial charge on any atom is 0.128 e. The monoisotopic (exact) mass is 289 g/mol. The van der Waals surface area contributed by atoms with Gasteiger partial charge in [0, 0.05) is 10.0 Å². The molecule has 1 unspecified atom stereocenters. The summed E-state index contributed by atoms with van der Waals surface area (Å²) in [6, 6.07) is 4.67. The molecule has 0 aliphatic carbocycles. The summed E-state index contributed by atoms with van der Waals surface area (Å²) in [5, 5.41) is 0. The zero-order chi connectivity index (χ0) is 12.3. The van der Waals surface area contributed by atoms with Crippen LogP contribution in [0.1, 0.15) is 39.3 Å². The highest BCUT2D eigenvalue weighted by atomic mass is 79.9. The van der Waals surface area contributed by atoms with Crippen LogP contribution in [0.4, 0.5) is 4.39 Å². The molecular formula is C12H17BrFNO. The summed E-state index contributed by atoms with van der Waals surface area (Å²) in [5.74, 6) is -0.235. The molecule has 0 aliphatic heterocycles. The molecule has 1 atom stereocenters. The summed E-state index contributed by atoms with van der Waals surface area (Å²) < 4.78 is 14.4. The minimum atomic E-state index is -0.295. The average Bonchev–Trinajstić information content (AvgIpc) is 2.17. The van der Waals surface area contributed by atoms with Crippen LogP contribution in [0.5, 0.6) is 0 Å². The van der Waals surface area contributed by atoms with Gasteiger partial charge in [0.2, 0.25) is 0 Å². The Kier molecular flexibility index (Phi) is 4.47. The Bertz CT molecular complexity index is 363. The number of benzene rings is 1. The predicted molar refractivity (Wildman–Crippen MR) is 66.5 cm³/mol. The maximum atomic E-state index is 13.5. The van der Waals surface area contributed by atoms with Gasteiger partial charge in [0.25, 0.3) is 0 Å². The molecule has 0 heterocycles. The Hall–Kier alpha value is -0.450. The molecule has 4 heteroatoms. The van der Waals surface area contributed by atoms with E-state index in [9.17, 15) is 4.39 Å². The van der Waals surface area contributed by atoms with Gasteiger partial charge < -0.3 is 0 Å². The van der Waals surface area contributed by atoms with E-state index in [4.69, 9.17) is 4.84 Å². The molecule has 1 N–H and O–H groups in total. The molecule has 0 amide bonds. The molecule has 0 aliphatic rings. The Morgan fingerprint density at radius 3 is 2.56 bits per heavy atom. The van der Waals surface area contributed by atoms with Gasteiger partial charge in [0.1, 0.15) is 5.82 Å². The van der Waals surface area contributed by atoms with Gasteiger partial charge in [-0.3, -0.25) is 4.84 Å². The van der Waals surface area contributed by atoms with E-state index in [-0.39, 0.29) is 17.5 Å². The Morgan fingerprint density at radius 1 is 1.38 bits per heavy atom.